The number of nitrogen functional groups attached to an aromatic ring is 1. The Labute approximate surface area is 122 Å². The predicted molar refractivity (Wildman–Crippen MR) is 83.3 cm³/mol. The van der Waals surface area contributed by atoms with Gasteiger partial charge in [-0.15, -0.1) is 11.3 Å². The van der Waals surface area contributed by atoms with Crippen molar-refractivity contribution in [2.45, 2.75) is 13.0 Å². The highest BCUT2D eigenvalue weighted by Gasteiger charge is 2.20. The lowest BCUT2D eigenvalue weighted by Crippen LogP contribution is -2.29. The normalized spacial score (nSPS) is 13.9. The fourth-order valence-corrected chi connectivity index (χ4v) is 3.57. The second-order valence-corrected chi connectivity index (χ2v) is 5.92. The van der Waals surface area contributed by atoms with Gasteiger partial charge >= 0.3 is 0 Å². The number of amides is 1. The fraction of sp³-hybridized carbons (Fsp3) is 0.267. The van der Waals surface area contributed by atoms with Crippen LogP contribution in [0.5, 0.6) is 0 Å². The number of nitrogens with one attached hydrogen (secondary N) is 1. The van der Waals surface area contributed by atoms with E-state index in [0.717, 1.165) is 24.5 Å². The van der Waals surface area contributed by atoms with Crippen LogP contribution in [0, 0.1) is 0 Å². The van der Waals surface area contributed by atoms with E-state index in [4.69, 9.17) is 5.73 Å². The number of carbonyl (C=O) groups excluding carboxylic acids is 1. The van der Waals surface area contributed by atoms with Crippen LogP contribution < -0.4 is 16.0 Å². The first-order valence-electron chi connectivity index (χ1n) is 6.62. The molecule has 1 aliphatic rings. The maximum Gasteiger partial charge on any atom is 0.263 e. The van der Waals surface area contributed by atoms with E-state index in [1.54, 1.807) is 7.05 Å². The van der Waals surface area contributed by atoms with E-state index in [-0.39, 0.29) is 5.91 Å². The summed E-state index contributed by atoms with van der Waals surface area (Å²) < 4.78 is 0. The SMILES string of the molecule is CNC(=O)c1sc(N2CCc3ccccc3C2)cc1N. The molecule has 1 amide bonds. The van der Waals surface area contributed by atoms with Gasteiger partial charge in [0, 0.05) is 20.1 Å². The van der Waals surface area contributed by atoms with Crippen molar-refractivity contribution in [1.29, 1.82) is 0 Å². The molecule has 5 heteroatoms. The van der Waals surface area contributed by atoms with Crippen molar-refractivity contribution in [3.63, 3.8) is 0 Å². The maximum atomic E-state index is 11.7. The van der Waals surface area contributed by atoms with Crippen molar-refractivity contribution in [2.24, 2.45) is 0 Å². The summed E-state index contributed by atoms with van der Waals surface area (Å²) in [6.07, 6.45) is 1.03. The van der Waals surface area contributed by atoms with Crippen molar-refractivity contribution in [1.82, 2.24) is 5.32 Å². The molecule has 0 bridgehead atoms. The number of benzene rings is 1. The molecule has 0 saturated heterocycles. The summed E-state index contributed by atoms with van der Waals surface area (Å²) >= 11 is 1.46. The van der Waals surface area contributed by atoms with Crippen molar-refractivity contribution < 1.29 is 4.79 Å². The zero-order valence-corrected chi connectivity index (χ0v) is 12.2. The van der Waals surface area contributed by atoms with Gasteiger partial charge in [0.15, 0.2) is 0 Å². The molecule has 0 unspecified atom stereocenters. The average Bonchev–Trinajstić information content (AvgIpc) is 2.88. The number of hydrogen-bond donors (Lipinski definition) is 2. The Kier molecular flexibility index (Phi) is 3.36. The minimum absolute atomic E-state index is 0.115. The molecule has 3 rings (SSSR count). The first-order chi connectivity index (χ1) is 9.69. The molecule has 2 aromatic rings. The summed E-state index contributed by atoms with van der Waals surface area (Å²) in [5.74, 6) is -0.115. The van der Waals surface area contributed by atoms with Crippen LogP contribution in [0.4, 0.5) is 10.7 Å². The molecule has 0 spiro atoms. The van der Waals surface area contributed by atoms with Gasteiger partial charge < -0.3 is 16.0 Å². The van der Waals surface area contributed by atoms with E-state index in [1.165, 1.54) is 22.5 Å². The number of nitrogens with two attached hydrogens (primary N) is 1. The third-order valence-electron chi connectivity index (χ3n) is 3.62. The minimum atomic E-state index is -0.115. The third-order valence-corrected chi connectivity index (χ3v) is 4.83. The fourth-order valence-electron chi connectivity index (χ4n) is 2.52. The predicted octanol–water partition coefficient (Wildman–Crippen LogP) is 2.25. The second-order valence-electron chi connectivity index (χ2n) is 4.89. The van der Waals surface area contributed by atoms with Crippen LogP contribution in [-0.2, 0) is 13.0 Å². The second kappa shape index (κ2) is 5.17. The van der Waals surface area contributed by atoms with Gasteiger partial charge in [-0.1, -0.05) is 24.3 Å². The van der Waals surface area contributed by atoms with Crippen LogP contribution in [0.15, 0.2) is 30.3 Å². The Morgan fingerprint density at radius 2 is 2.10 bits per heavy atom. The molecule has 0 atom stereocenters. The first-order valence-corrected chi connectivity index (χ1v) is 7.44. The first kappa shape index (κ1) is 13.0. The lowest BCUT2D eigenvalue weighted by Gasteiger charge is -2.29. The van der Waals surface area contributed by atoms with Crippen molar-refractivity contribution >= 4 is 27.9 Å². The maximum absolute atomic E-state index is 11.7. The highest BCUT2D eigenvalue weighted by molar-refractivity contribution is 7.18. The number of thiophene rings is 1. The highest BCUT2D eigenvalue weighted by atomic mass is 32.1. The molecule has 0 radical (unpaired) electrons. The van der Waals surface area contributed by atoms with E-state index in [1.807, 2.05) is 6.07 Å². The van der Waals surface area contributed by atoms with Gasteiger partial charge in [-0.3, -0.25) is 4.79 Å². The smallest absolute Gasteiger partial charge is 0.263 e. The third kappa shape index (κ3) is 2.25. The zero-order chi connectivity index (χ0) is 14.1. The Morgan fingerprint density at radius 1 is 1.35 bits per heavy atom. The molecule has 1 aromatic carbocycles. The van der Waals surface area contributed by atoms with Crippen molar-refractivity contribution in [3.8, 4) is 0 Å². The van der Waals surface area contributed by atoms with Crippen LogP contribution in [0.2, 0.25) is 0 Å². The summed E-state index contributed by atoms with van der Waals surface area (Å²) in [6, 6.07) is 10.4. The molecule has 104 valence electrons. The van der Waals surface area contributed by atoms with Crippen LogP contribution in [-0.4, -0.2) is 19.5 Å². The van der Waals surface area contributed by atoms with Gasteiger partial charge in [0.2, 0.25) is 0 Å². The van der Waals surface area contributed by atoms with Crippen molar-refractivity contribution in [3.05, 3.63) is 46.3 Å². The summed E-state index contributed by atoms with van der Waals surface area (Å²) in [5.41, 5.74) is 9.27. The van der Waals surface area contributed by atoms with E-state index in [2.05, 4.69) is 34.5 Å². The zero-order valence-electron chi connectivity index (χ0n) is 11.3. The number of anilines is 2. The van der Waals surface area contributed by atoms with E-state index >= 15 is 0 Å². The standard InChI is InChI=1S/C15H17N3OS/c1-17-15(19)14-12(16)8-13(20-14)18-7-6-10-4-2-3-5-11(10)9-18/h2-5,8H,6-7,9,16H2,1H3,(H,17,19). The van der Waals surface area contributed by atoms with Crippen LogP contribution >= 0.6 is 11.3 Å². The van der Waals surface area contributed by atoms with Crippen molar-refractivity contribution in [2.75, 3.05) is 24.2 Å². The Balaban J connectivity index is 1.87. The summed E-state index contributed by atoms with van der Waals surface area (Å²) in [5, 5.41) is 3.69. The summed E-state index contributed by atoms with van der Waals surface area (Å²) in [4.78, 5) is 14.6. The Morgan fingerprint density at radius 3 is 2.85 bits per heavy atom. The molecule has 3 N–H and O–H groups in total. The van der Waals surface area contributed by atoms with Gasteiger partial charge in [0.05, 0.1) is 10.7 Å². The lowest BCUT2D eigenvalue weighted by molar-refractivity contribution is 0.0968. The molecule has 0 aliphatic carbocycles. The van der Waals surface area contributed by atoms with E-state index in [0.29, 0.717) is 10.6 Å². The molecule has 1 aromatic heterocycles. The number of fused-ring (bicyclic) bond motifs is 1. The Hall–Kier alpha value is -2.01. The number of carbonyl (C=O) groups is 1. The van der Waals surface area contributed by atoms with E-state index < -0.39 is 0 Å². The highest BCUT2D eigenvalue weighted by Crippen LogP contribution is 2.34. The van der Waals surface area contributed by atoms with Crippen LogP contribution in [0.25, 0.3) is 0 Å². The largest absolute Gasteiger partial charge is 0.397 e. The molecule has 4 nitrogen and oxygen atoms in total. The van der Waals surface area contributed by atoms with Gasteiger partial charge in [-0.25, -0.2) is 0 Å². The molecular weight excluding hydrogens is 270 g/mol. The molecule has 0 saturated carbocycles. The number of hydrogen-bond acceptors (Lipinski definition) is 4. The monoisotopic (exact) mass is 287 g/mol. The molecule has 0 fully saturated rings. The number of rotatable bonds is 2. The van der Waals surface area contributed by atoms with Gasteiger partial charge in [0.1, 0.15) is 4.88 Å². The lowest BCUT2D eigenvalue weighted by atomic mass is 10.0. The number of nitrogens with zero attached hydrogens (tertiary/aromatic N) is 1. The topological polar surface area (TPSA) is 58.4 Å². The average molecular weight is 287 g/mol. The van der Waals surface area contributed by atoms with Gasteiger partial charge in [-0.05, 0) is 23.6 Å². The Bertz CT molecular complexity index is 650. The molecule has 1 aliphatic heterocycles. The molecular formula is C15H17N3OS. The van der Waals surface area contributed by atoms with Crippen LogP contribution in [0.1, 0.15) is 20.8 Å². The summed E-state index contributed by atoms with van der Waals surface area (Å²) in [7, 11) is 1.62. The molecule has 2 heterocycles. The summed E-state index contributed by atoms with van der Waals surface area (Å²) in [6.45, 7) is 1.84. The van der Waals surface area contributed by atoms with Gasteiger partial charge in [0.25, 0.3) is 5.91 Å². The van der Waals surface area contributed by atoms with Crippen LogP contribution in [0.3, 0.4) is 0 Å². The van der Waals surface area contributed by atoms with Gasteiger partial charge in [-0.2, -0.15) is 0 Å². The van der Waals surface area contributed by atoms with E-state index in [9.17, 15) is 4.79 Å². The quantitative estimate of drug-likeness (QED) is 0.890. The molecule has 20 heavy (non-hydrogen) atoms. The minimum Gasteiger partial charge on any atom is -0.397 e.